The van der Waals surface area contributed by atoms with E-state index >= 15 is 0 Å². The molecule has 36 heavy (non-hydrogen) atoms. The van der Waals surface area contributed by atoms with Crippen LogP contribution in [0.15, 0.2) is 58.5 Å². The third kappa shape index (κ3) is 5.23. The first-order valence-corrected chi connectivity index (χ1v) is 11.3. The van der Waals surface area contributed by atoms with Crippen LogP contribution in [0.4, 0.5) is 13.2 Å². The molecule has 3 heterocycles. The number of piperidine rings is 1. The number of nitrogens with zero attached hydrogens (tertiary/aromatic N) is 3. The van der Waals surface area contributed by atoms with Gasteiger partial charge in [-0.1, -0.05) is 12.1 Å². The first-order chi connectivity index (χ1) is 16.2. The molecule has 5 rings (SSSR count). The number of H-pyrrole nitrogens is 1. The number of hydrogen-bond acceptors (Lipinski definition) is 4. The molecule has 0 spiro atoms. The second kappa shape index (κ2) is 10.4. The van der Waals surface area contributed by atoms with E-state index in [1.165, 1.54) is 16.7 Å². The summed E-state index contributed by atoms with van der Waals surface area (Å²) in [5, 5.41) is 0. The van der Waals surface area contributed by atoms with Crippen LogP contribution in [-0.4, -0.2) is 39.1 Å². The van der Waals surface area contributed by atoms with Crippen LogP contribution in [0.2, 0.25) is 0 Å². The minimum atomic E-state index is -4.32. The molecule has 0 amide bonds. The van der Waals surface area contributed by atoms with E-state index in [0.29, 0.717) is 30.0 Å². The lowest BCUT2D eigenvalue weighted by Gasteiger charge is -2.21. The molecule has 2 aliphatic rings. The van der Waals surface area contributed by atoms with Crippen molar-refractivity contribution in [3.63, 3.8) is 0 Å². The highest BCUT2D eigenvalue weighted by Gasteiger charge is 2.60. The summed E-state index contributed by atoms with van der Waals surface area (Å²) in [4.78, 5) is 33.5. The number of halogens is 5. The first-order valence-electron chi connectivity index (χ1n) is 11.3. The number of aryl methyl sites for hydroxylation is 2. The first kappa shape index (κ1) is 28.0. The molecule has 0 unspecified atom stereocenters. The number of hydrogen-bond donors (Lipinski definition) is 1. The molecule has 11 heteroatoms. The van der Waals surface area contributed by atoms with E-state index < -0.39 is 23.0 Å². The maximum Gasteiger partial charge on any atom is 0.416 e. The van der Waals surface area contributed by atoms with Crippen molar-refractivity contribution >= 4 is 24.8 Å². The Morgan fingerprint density at radius 2 is 1.81 bits per heavy atom. The second-order valence-corrected chi connectivity index (χ2v) is 9.41. The Bertz CT molecular complexity index is 1340. The third-order valence-electron chi connectivity index (χ3n) is 7.22. The van der Waals surface area contributed by atoms with E-state index in [9.17, 15) is 22.8 Å². The number of likely N-dealkylation sites (tertiary alicyclic amines) is 1. The van der Waals surface area contributed by atoms with Crippen molar-refractivity contribution in [1.29, 1.82) is 0 Å². The van der Waals surface area contributed by atoms with Crippen molar-refractivity contribution in [2.24, 2.45) is 5.92 Å². The van der Waals surface area contributed by atoms with E-state index in [1.807, 2.05) is 13.0 Å². The molecule has 2 aromatic heterocycles. The standard InChI is InChI=1S/C25H25F3N4O2.2ClH/c1-16-7-8-29-12-20(16)21-14-32(23(34)30-22(21)33)10-2-9-31-13-19-11-24(19,15-31)17-3-5-18(6-4-17)25(26,27)28;;/h3-8,12,14,19H,2,9-11,13,15H2,1H3,(H,30,33,34);2*1H/t19-,24+;;/m0../s1. The number of fused-ring (bicyclic) bond motifs is 1. The fourth-order valence-electron chi connectivity index (χ4n) is 5.27. The highest BCUT2D eigenvalue weighted by molar-refractivity contribution is 5.85. The largest absolute Gasteiger partial charge is 0.416 e. The maximum atomic E-state index is 12.9. The molecule has 1 aromatic carbocycles. The third-order valence-corrected chi connectivity index (χ3v) is 7.22. The summed E-state index contributed by atoms with van der Waals surface area (Å²) in [5.74, 6) is 0.459. The topological polar surface area (TPSA) is 71.0 Å². The summed E-state index contributed by atoms with van der Waals surface area (Å²) in [6, 6.07) is 7.40. The molecule has 2 atom stereocenters. The Kier molecular flexibility index (Phi) is 8.07. The van der Waals surface area contributed by atoms with Crippen molar-refractivity contribution in [2.45, 2.75) is 37.9 Å². The van der Waals surface area contributed by atoms with Crippen LogP contribution in [-0.2, 0) is 18.1 Å². The minimum Gasteiger partial charge on any atom is -0.302 e. The van der Waals surface area contributed by atoms with Crippen molar-refractivity contribution < 1.29 is 13.2 Å². The summed E-state index contributed by atoms with van der Waals surface area (Å²) >= 11 is 0. The monoisotopic (exact) mass is 542 g/mol. The second-order valence-electron chi connectivity index (χ2n) is 9.41. The molecule has 0 radical (unpaired) electrons. The number of rotatable bonds is 6. The van der Waals surface area contributed by atoms with Crippen molar-refractivity contribution in [1.82, 2.24) is 19.4 Å². The van der Waals surface area contributed by atoms with Crippen LogP contribution < -0.4 is 11.2 Å². The van der Waals surface area contributed by atoms with Gasteiger partial charge in [-0.15, -0.1) is 24.8 Å². The van der Waals surface area contributed by atoms with E-state index in [0.717, 1.165) is 37.2 Å². The number of aromatic amines is 1. The molecule has 3 aromatic rings. The predicted octanol–water partition coefficient (Wildman–Crippen LogP) is 4.43. The fraction of sp³-hybridized carbons (Fsp3) is 0.400. The Morgan fingerprint density at radius 1 is 1.08 bits per heavy atom. The molecular weight excluding hydrogens is 516 g/mol. The molecule has 6 nitrogen and oxygen atoms in total. The summed E-state index contributed by atoms with van der Waals surface area (Å²) in [6.07, 6.45) is 2.26. The van der Waals surface area contributed by atoms with Gasteiger partial charge in [0.1, 0.15) is 0 Å². The van der Waals surface area contributed by atoms with E-state index in [4.69, 9.17) is 0 Å². The SMILES string of the molecule is Cc1ccncc1-c1cn(CCCN2C[C@@H]3C[C@]3(c3ccc(C(F)(F)F)cc3)C2)c(=O)[nH]c1=O.Cl.Cl. The quantitative estimate of drug-likeness (QED) is 0.500. The van der Waals surface area contributed by atoms with Gasteiger partial charge in [0.2, 0.25) is 0 Å². The highest BCUT2D eigenvalue weighted by Crippen LogP contribution is 2.59. The zero-order valence-electron chi connectivity index (χ0n) is 19.5. The summed E-state index contributed by atoms with van der Waals surface area (Å²) < 4.78 is 40.2. The summed E-state index contributed by atoms with van der Waals surface area (Å²) in [5.41, 5.74) is 1.42. The van der Waals surface area contributed by atoms with Gasteiger partial charge in [0.05, 0.1) is 11.1 Å². The van der Waals surface area contributed by atoms with Gasteiger partial charge in [-0.05, 0) is 61.6 Å². The Labute approximate surface area is 218 Å². The smallest absolute Gasteiger partial charge is 0.302 e. The fourth-order valence-corrected chi connectivity index (χ4v) is 5.27. The minimum absolute atomic E-state index is 0. The lowest BCUT2D eigenvalue weighted by Crippen LogP contribution is -2.32. The van der Waals surface area contributed by atoms with Crippen LogP contribution in [0.3, 0.4) is 0 Å². The van der Waals surface area contributed by atoms with Gasteiger partial charge >= 0.3 is 11.9 Å². The summed E-state index contributed by atoms with van der Waals surface area (Å²) in [6.45, 7) is 4.82. The zero-order valence-corrected chi connectivity index (χ0v) is 21.2. The van der Waals surface area contributed by atoms with Gasteiger partial charge in [-0.2, -0.15) is 13.2 Å². The van der Waals surface area contributed by atoms with Gasteiger partial charge in [0.15, 0.2) is 0 Å². The molecule has 1 saturated heterocycles. The van der Waals surface area contributed by atoms with Crippen molar-refractivity contribution in [2.75, 3.05) is 19.6 Å². The van der Waals surface area contributed by atoms with Crippen molar-refractivity contribution in [3.05, 3.63) is 86.5 Å². The molecule has 0 bridgehead atoms. The molecule has 1 aliphatic heterocycles. The predicted molar refractivity (Wildman–Crippen MR) is 136 cm³/mol. The number of benzene rings is 1. The van der Waals surface area contributed by atoms with E-state index in [1.54, 1.807) is 30.7 Å². The molecule has 2 fully saturated rings. The number of alkyl halides is 3. The number of nitrogens with one attached hydrogen (secondary N) is 1. The van der Waals surface area contributed by atoms with Crippen LogP contribution >= 0.6 is 24.8 Å². The molecular formula is C25H27Cl2F3N4O2. The molecule has 194 valence electrons. The van der Waals surface area contributed by atoms with Gasteiger partial charge in [-0.25, -0.2) is 4.79 Å². The molecule has 1 saturated carbocycles. The number of aromatic nitrogens is 3. The number of pyridine rings is 1. The van der Waals surface area contributed by atoms with E-state index in [2.05, 4.69) is 14.9 Å². The van der Waals surface area contributed by atoms with Crippen LogP contribution in [0.5, 0.6) is 0 Å². The zero-order chi connectivity index (χ0) is 24.1. The Hall–Kier alpha value is -2.62. The molecule has 1 N–H and O–H groups in total. The average Bonchev–Trinajstić information content (AvgIpc) is 3.37. The van der Waals surface area contributed by atoms with Crippen LogP contribution in [0.25, 0.3) is 11.1 Å². The van der Waals surface area contributed by atoms with Gasteiger partial charge in [0, 0.05) is 49.2 Å². The maximum absolute atomic E-state index is 12.9. The Balaban J connectivity index is 0.00000180. The van der Waals surface area contributed by atoms with Crippen LogP contribution in [0.1, 0.15) is 29.5 Å². The molecule has 1 aliphatic carbocycles. The van der Waals surface area contributed by atoms with Gasteiger partial charge in [0.25, 0.3) is 5.56 Å². The van der Waals surface area contributed by atoms with Crippen molar-refractivity contribution in [3.8, 4) is 11.1 Å². The van der Waals surface area contributed by atoms with Crippen LogP contribution in [0, 0.1) is 12.8 Å². The van der Waals surface area contributed by atoms with E-state index in [-0.39, 0.29) is 30.2 Å². The average molecular weight is 543 g/mol. The lowest BCUT2D eigenvalue weighted by molar-refractivity contribution is -0.137. The normalized spacial score (nSPS) is 20.8. The highest BCUT2D eigenvalue weighted by atomic mass is 35.5. The lowest BCUT2D eigenvalue weighted by atomic mass is 9.94. The Morgan fingerprint density at radius 3 is 2.47 bits per heavy atom. The van der Waals surface area contributed by atoms with Gasteiger partial charge in [-0.3, -0.25) is 19.3 Å². The van der Waals surface area contributed by atoms with Gasteiger partial charge < -0.3 is 4.90 Å². The summed E-state index contributed by atoms with van der Waals surface area (Å²) in [7, 11) is 0.